The van der Waals surface area contributed by atoms with E-state index in [-0.39, 0.29) is 15.8 Å². The van der Waals surface area contributed by atoms with Gasteiger partial charge in [-0.15, -0.1) is 0 Å². The Morgan fingerprint density at radius 3 is 2.65 bits per heavy atom. The lowest BCUT2D eigenvalue weighted by atomic mass is 9.95. The smallest absolute Gasteiger partial charge is 0.243 e. The number of aliphatic hydroxyl groups excluding tert-OH is 1. The third-order valence-corrected chi connectivity index (χ3v) is 6.23. The Morgan fingerprint density at radius 1 is 1.35 bits per heavy atom. The third-order valence-electron chi connectivity index (χ3n) is 3.63. The van der Waals surface area contributed by atoms with Crippen molar-refractivity contribution in [1.82, 2.24) is 4.31 Å². The molecule has 1 aliphatic rings. The molecule has 112 valence electrons. The number of rotatable bonds is 3. The summed E-state index contributed by atoms with van der Waals surface area (Å²) in [7, 11) is -3.59. The van der Waals surface area contributed by atoms with Crippen molar-refractivity contribution in [1.29, 1.82) is 0 Å². The van der Waals surface area contributed by atoms with Crippen LogP contribution in [0.15, 0.2) is 23.1 Å². The molecule has 7 heteroatoms. The molecule has 1 aliphatic heterocycles. The van der Waals surface area contributed by atoms with Crippen molar-refractivity contribution < 1.29 is 13.5 Å². The summed E-state index contributed by atoms with van der Waals surface area (Å²) >= 11 is 11.7. The Labute approximate surface area is 129 Å². The van der Waals surface area contributed by atoms with Gasteiger partial charge in [-0.2, -0.15) is 4.31 Å². The van der Waals surface area contributed by atoms with Crippen molar-refractivity contribution in [2.45, 2.75) is 30.8 Å². The van der Waals surface area contributed by atoms with Crippen molar-refractivity contribution >= 4 is 33.2 Å². The predicted molar refractivity (Wildman–Crippen MR) is 79.6 cm³/mol. The fourth-order valence-corrected chi connectivity index (χ4v) is 4.30. The van der Waals surface area contributed by atoms with Gasteiger partial charge in [0, 0.05) is 13.1 Å². The molecule has 0 aromatic heterocycles. The molecule has 1 saturated heterocycles. The highest BCUT2D eigenvalue weighted by Crippen LogP contribution is 2.29. The first kappa shape index (κ1) is 16.0. The first-order valence-corrected chi connectivity index (χ1v) is 8.65. The molecule has 20 heavy (non-hydrogen) atoms. The van der Waals surface area contributed by atoms with Crippen molar-refractivity contribution in [3.8, 4) is 0 Å². The fraction of sp³-hybridized carbons (Fsp3) is 0.538. The van der Waals surface area contributed by atoms with Crippen molar-refractivity contribution in [2.75, 3.05) is 13.1 Å². The van der Waals surface area contributed by atoms with E-state index in [1.54, 1.807) is 6.92 Å². The zero-order valence-electron chi connectivity index (χ0n) is 11.1. The van der Waals surface area contributed by atoms with Gasteiger partial charge in [-0.25, -0.2) is 8.42 Å². The summed E-state index contributed by atoms with van der Waals surface area (Å²) in [6, 6.07) is 4.30. The van der Waals surface area contributed by atoms with Crippen LogP contribution in [0.25, 0.3) is 0 Å². The second-order valence-corrected chi connectivity index (χ2v) is 7.83. The Bertz CT molecular complexity index is 589. The van der Waals surface area contributed by atoms with E-state index < -0.39 is 16.1 Å². The van der Waals surface area contributed by atoms with Gasteiger partial charge >= 0.3 is 0 Å². The minimum absolute atomic E-state index is 0.0266. The first-order chi connectivity index (χ1) is 9.32. The maximum Gasteiger partial charge on any atom is 0.243 e. The van der Waals surface area contributed by atoms with Crippen LogP contribution in [0, 0.1) is 5.92 Å². The largest absolute Gasteiger partial charge is 0.393 e. The quantitative estimate of drug-likeness (QED) is 0.922. The van der Waals surface area contributed by atoms with E-state index in [4.69, 9.17) is 23.2 Å². The summed E-state index contributed by atoms with van der Waals surface area (Å²) in [5, 5.41) is 10.2. The molecular weight excluding hydrogens is 321 g/mol. The Morgan fingerprint density at radius 2 is 2.05 bits per heavy atom. The van der Waals surface area contributed by atoms with E-state index in [1.165, 1.54) is 22.5 Å². The van der Waals surface area contributed by atoms with Crippen molar-refractivity contribution in [2.24, 2.45) is 5.92 Å². The molecule has 1 aromatic rings. The van der Waals surface area contributed by atoms with E-state index in [0.717, 1.165) is 12.8 Å². The fourth-order valence-electron chi connectivity index (χ4n) is 2.37. The molecule has 4 nitrogen and oxygen atoms in total. The highest BCUT2D eigenvalue weighted by Gasteiger charge is 2.32. The van der Waals surface area contributed by atoms with Crippen LogP contribution in [-0.2, 0) is 10.0 Å². The number of piperidine rings is 1. The molecule has 0 amide bonds. The van der Waals surface area contributed by atoms with E-state index >= 15 is 0 Å². The Balaban J connectivity index is 2.27. The summed E-state index contributed by atoms with van der Waals surface area (Å²) in [4.78, 5) is 0.137. The topological polar surface area (TPSA) is 57.6 Å². The van der Waals surface area contributed by atoms with Gasteiger partial charge in [0.15, 0.2) is 0 Å². The number of hydrogen-bond donors (Lipinski definition) is 1. The molecule has 1 N–H and O–H groups in total. The Kier molecular flexibility index (Phi) is 4.97. The van der Waals surface area contributed by atoms with Gasteiger partial charge < -0.3 is 5.11 Å². The lowest BCUT2D eigenvalue weighted by Gasteiger charge is -2.33. The number of aliphatic hydroxyl groups is 1. The maximum atomic E-state index is 12.6. The highest BCUT2D eigenvalue weighted by molar-refractivity contribution is 7.89. The van der Waals surface area contributed by atoms with Gasteiger partial charge in [-0.1, -0.05) is 23.2 Å². The number of nitrogens with zero attached hydrogens (tertiary/aromatic N) is 1. The zero-order valence-corrected chi connectivity index (χ0v) is 13.4. The molecule has 1 aromatic carbocycles. The summed E-state index contributed by atoms with van der Waals surface area (Å²) in [5.41, 5.74) is 0. The zero-order chi connectivity index (χ0) is 14.9. The van der Waals surface area contributed by atoms with Crippen LogP contribution in [0.4, 0.5) is 0 Å². The molecule has 2 rings (SSSR count). The van der Waals surface area contributed by atoms with E-state index in [2.05, 4.69) is 0 Å². The highest BCUT2D eigenvalue weighted by atomic mass is 35.5. The van der Waals surface area contributed by atoms with Crippen LogP contribution >= 0.6 is 23.2 Å². The molecule has 1 heterocycles. The standard InChI is InChI=1S/C13H17Cl2NO3S/c1-9(17)10-3-2-6-16(8-10)20(18,19)11-4-5-12(14)13(15)7-11/h4-5,7,9-10,17H,2-3,6,8H2,1H3. The average molecular weight is 338 g/mol. The first-order valence-electron chi connectivity index (χ1n) is 6.45. The molecule has 2 unspecified atom stereocenters. The van der Waals surface area contributed by atoms with Crippen molar-refractivity contribution in [3.63, 3.8) is 0 Å². The van der Waals surface area contributed by atoms with E-state index in [0.29, 0.717) is 18.1 Å². The molecule has 0 bridgehead atoms. The number of halogens is 2. The van der Waals surface area contributed by atoms with Gasteiger partial charge in [0.2, 0.25) is 10.0 Å². The van der Waals surface area contributed by atoms with Crippen LogP contribution in [0.5, 0.6) is 0 Å². The van der Waals surface area contributed by atoms with Crippen LogP contribution in [-0.4, -0.2) is 37.0 Å². The van der Waals surface area contributed by atoms with Crippen molar-refractivity contribution in [3.05, 3.63) is 28.2 Å². The van der Waals surface area contributed by atoms with Gasteiger partial charge in [0.1, 0.15) is 0 Å². The second kappa shape index (κ2) is 6.20. The molecule has 1 fully saturated rings. The normalized spacial score (nSPS) is 22.7. The molecule has 0 spiro atoms. The third kappa shape index (κ3) is 3.28. The van der Waals surface area contributed by atoms with Crippen LogP contribution < -0.4 is 0 Å². The average Bonchev–Trinajstić information content (AvgIpc) is 2.42. The second-order valence-electron chi connectivity index (χ2n) is 5.08. The summed E-state index contributed by atoms with van der Waals surface area (Å²) in [5.74, 6) is -0.0266. The van der Waals surface area contributed by atoms with Gasteiger partial charge in [-0.05, 0) is 43.9 Å². The minimum atomic E-state index is -3.59. The van der Waals surface area contributed by atoms with Gasteiger partial charge in [-0.3, -0.25) is 0 Å². The molecule has 0 saturated carbocycles. The van der Waals surface area contributed by atoms with E-state index in [1.807, 2.05) is 0 Å². The molecule has 2 atom stereocenters. The predicted octanol–water partition coefficient (Wildman–Crippen LogP) is 2.77. The maximum absolute atomic E-state index is 12.6. The van der Waals surface area contributed by atoms with Gasteiger partial charge in [0.25, 0.3) is 0 Å². The van der Waals surface area contributed by atoms with Gasteiger partial charge in [0.05, 0.1) is 21.0 Å². The number of hydrogen-bond acceptors (Lipinski definition) is 3. The minimum Gasteiger partial charge on any atom is -0.393 e. The SMILES string of the molecule is CC(O)C1CCCN(S(=O)(=O)c2ccc(Cl)c(Cl)c2)C1. The van der Waals surface area contributed by atoms with E-state index in [9.17, 15) is 13.5 Å². The number of benzene rings is 1. The molecule has 0 aliphatic carbocycles. The summed E-state index contributed by atoms with van der Waals surface area (Å²) in [6.45, 7) is 2.49. The van der Waals surface area contributed by atoms with Crippen LogP contribution in [0.1, 0.15) is 19.8 Å². The molecule has 0 radical (unpaired) electrons. The van der Waals surface area contributed by atoms with Crippen LogP contribution in [0.3, 0.4) is 0 Å². The lowest BCUT2D eigenvalue weighted by Crippen LogP contribution is -2.42. The summed E-state index contributed by atoms with van der Waals surface area (Å²) in [6.07, 6.45) is 1.07. The monoisotopic (exact) mass is 337 g/mol. The van der Waals surface area contributed by atoms with Crippen LogP contribution in [0.2, 0.25) is 10.0 Å². The summed E-state index contributed by atoms with van der Waals surface area (Å²) < 4.78 is 26.5. The Hall–Kier alpha value is -0.330. The lowest BCUT2D eigenvalue weighted by molar-refractivity contribution is 0.0885. The number of sulfonamides is 1. The molecular formula is C13H17Cl2NO3S.